The van der Waals surface area contributed by atoms with E-state index in [0.717, 1.165) is 0 Å². The molecule has 0 radical (unpaired) electrons. The first-order valence-electron chi connectivity index (χ1n) is 6.74. The molecule has 116 valence electrons. The van der Waals surface area contributed by atoms with Crippen molar-refractivity contribution in [2.45, 2.75) is 11.4 Å². The summed E-state index contributed by atoms with van der Waals surface area (Å²) >= 11 is 0. The number of ether oxygens (including phenoxy) is 2. The Hall–Kier alpha value is -1.53. The molecule has 1 aromatic rings. The SMILES string of the molecule is COP(=O)(OC)C12OC(c3ccccc31)C1C(=O)OC(=O)C12. The van der Waals surface area contributed by atoms with Crippen molar-refractivity contribution in [1.82, 2.24) is 0 Å². The van der Waals surface area contributed by atoms with Crippen molar-refractivity contribution in [3.05, 3.63) is 35.4 Å². The summed E-state index contributed by atoms with van der Waals surface area (Å²) in [5.74, 6) is -3.25. The molecule has 2 fully saturated rings. The summed E-state index contributed by atoms with van der Waals surface area (Å²) in [6, 6.07) is 7.03. The van der Waals surface area contributed by atoms with E-state index in [2.05, 4.69) is 0 Å². The molecule has 4 rings (SSSR count). The van der Waals surface area contributed by atoms with Crippen LogP contribution in [0.1, 0.15) is 17.2 Å². The molecule has 0 spiro atoms. The fourth-order valence-electron chi connectivity index (χ4n) is 3.84. The summed E-state index contributed by atoms with van der Waals surface area (Å²) in [6.07, 6.45) is -0.682. The third-order valence-electron chi connectivity index (χ3n) is 4.68. The molecule has 0 aliphatic carbocycles. The third-order valence-corrected chi connectivity index (χ3v) is 7.08. The normalized spacial score (nSPS) is 35.5. The lowest BCUT2D eigenvalue weighted by Gasteiger charge is -2.35. The number of rotatable bonds is 3. The number of benzene rings is 1. The van der Waals surface area contributed by atoms with E-state index in [4.69, 9.17) is 18.5 Å². The van der Waals surface area contributed by atoms with Crippen molar-refractivity contribution >= 4 is 19.5 Å². The topological polar surface area (TPSA) is 88.1 Å². The van der Waals surface area contributed by atoms with Crippen molar-refractivity contribution in [2.75, 3.05) is 14.2 Å². The van der Waals surface area contributed by atoms with Crippen LogP contribution in [0.2, 0.25) is 0 Å². The van der Waals surface area contributed by atoms with Gasteiger partial charge in [0, 0.05) is 19.8 Å². The molecule has 8 heteroatoms. The Labute approximate surface area is 126 Å². The van der Waals surface area contributed by atoms with Gasteiger partial charge in [0.2, 0.25) is 5.34 Å². The summed E-state index contributed by atoms with van der Waals surface area (Å²) in [7, 11) is -1.40. The highest BCUT2D eigenvalue weighted by Crippen LogP contribution is 2.78. The lowest BCUT2D eigenvalue weighted by atomic mass is 9.77. The van der Waals surface area contributed by atoms with E-state index < -0.39 is 42.8 Å². The second kappa shape index (κ2) is 4.26. The fraction of sp³-hybridized carbons (Fsp3) is 0.429. The summed E-state index contributed by atoms with van der Waals surface area (Å²) in [5.41, 5.74) is 1.27. The largest absolute Gasteiger partial charge is 0.393 e. The van der Waals surface area contributed by atoms with Crippen molar-refractivity contribution in [3.63, 3.8) is 0 Å². The Morgan fingerprint density at radius 2 is 1.82 bits per heavy atom. The summed E-state index contributed by atoms with van der Waals surface area (Å²) in [5, 5.41) is -1.63. The predicted octanol–water partition coefficient (Wildman–Crippen LogP) is 1.73. The molecule has 3 aliphatic rings. The molecule has 0 aromatic heterocycles. The first kappa shape index (κ1) is 14.1. The zero-order valence-corrected chi connectivity index (χ0v) is 12.7. The molecule has 4 unspecified atom stereocenters. The van der Waals surface area contributed by atoms with Gasteiger partial charge < -0.3 is 18.5 Å². The molecule has 0 saturated carbocycles. The second-order valence-electron chi connectivity index (χ2n) is 5.43. The second-order valence-corrected chi connectivity index (χ2v) is 7.82. The van der Waals surface area contributed by atoms with Crippen LogP contribution >= 0.6 is 7.60 Å². The van der Waals surface area contributed by atoms with Gasteiger partial charge in [0.05, 0.1) is 6.10 Å². The van der Waals surface area contributed by atoms with Crippen molar-refractivity contribution < 1.29 is 32.7 Å². The van der Waals surface area contributed by atoms with Crippen LogP contribution in [0.5, 0.6) is 0 Å². The number of carbonyl (C=O) groups is 2. The zero-order chi connectivity index (χ0) is 15.7. The van der Waals surface area contributed by atoms with Gasteiger partial charge in [-0.2, -0.15) is 0 Å². The number of hydrogen-bond acceptors (Lipinski definition) is 7. The first-order chi connectivity index (χ1) is 10.5. The molecule has 3 aliphatic heterocycles. The van der Waals surface area contributed by atoms with Gasteiger partial charge in [-0.25, -0.2) is 0 Å². The predicted molar refractivity (Wildman–Crippen MR) is 71.6 cm³/mol. The lowest BCUT2D eigenvalue weighted by Crippen LogP contribution is -2.38. The van der Waals surface area contributed by atoms with Gasteiger partial charge in [-0.3, -0.25) is 14.2 Å². The highest BCUT2D eigenvalue weighted by atomic mass is 31.2. The van der Waals surface area contributed by atoms with Crippen LogP contribution in [-0.4, -0.2) is 26.2 Å². The number of carbonyl (C=O) groups excluding carboxylic acids is 2. The maximum Gasteiger partial charge on any atom is 0.367 e. The van der Waals surface area contributed by atoms with Crippen LogP contribution < -0.4 is 0 Å². The molecule has 4 atom stereocenters. The fourth-order valence-corrected chi connectivity index (χ4v) is 5.88. The Bertz CT molecular complexity index is 736. The number of esters is 2. The standard InChI is InChI=1S/C14H13O7P/c1-18-22(17,19-2)14-8-6-4-3-5-7(8)11(21-14)9-10(14)13(16)20-12(9)15/h3-6,9-11H,1-2H3. The Kier molecular flexibility index (Phi) is 2.73. The maximum absolute atomic E-state index is 13.2. The minimum Gasteiger partial charge on any atom is -0.393 e. The van der Waals surface area contributed by atoms with Gasteiger partial charge in [0.15, 0.2) is 0 Å². The minimum absolute atomic E-state index is 0.555. The van der Waals surface area contributed by atoms with Gasteiger partial charge in [0.25, 0.3) is 0 Å². The van der Waals surface area contributed by atoms with Crippen molar-refractivity contribution in [1.29, 1.82) is 0 Å². The molecular formula is C14H13O7P. The number of hydrogen-bond donors (Lipinski definition) is 0. The van der Waals surface area contributed by atoms with E-state index in [1.54, 1.807) is 24.3 Å². The average molecular weight is 324 g/mol. The minimum atomic E-state index is -3.86. The Morgan fingerprint density at radius 3 is 2.50 bits per heavy atom. The van der Waals surface area contributed by atoms with E-state index in [9.17, 15) is 14.2 Å². The quantitative estimate of drug-likeness (QED) is 0.475. The highest BCUT2D eigenvalue weighted by molar-refractivity contribution is 7.55. The average Bonchev–Trinajstić information content (AvgIpc) is 3.16. The van der Waals surface area contributed by atoms with Gasteiger partial charge in [0.1, 0.15) is 11.8 Å². The van der Waals surface area contributed by atoms with Crippen LogP contribution in [0.25, 0.3) is 0 Å². The van der Waals surface area contributed by atoms with E-state index >= 15 is 0 Å². The van der Waals surface area contributed by atoms with Crippen LogP contribution in [0.3, 0.4) is 0 Å². The molecule has 3 heterocycles. The van der Waals surface area contributed by atoms with Crippen molar-refractivity contribution in [3.8, 4) is 0 Å². The van der Waals surface area contributed by atoms with Crippen LogP contribution in [0, 0.1) is 11.8 Å². The lowest BCUT2D eigenvalue weighted by molar-refractivity contribution is -0.159. The Morgan fingerprint density at radius 1 is 1.14 bits per heavy atom. The Balaban J connectivity index is 2.04. The van der Waals surface area contributed by atoms with Gasteiger partial charge >= 0.3 is 19.5 Å². The van der Waals surface area contributed by atoms with Gasteiger partial charge in [-0.1, -0.05) is 24.3 Å². The molecule has 2 saturated heterocycles. The summed E-state index contributed by atoms with van der Waals surface area (Å²) in [6.45, 7) is 0. The first-order valence-corrected chi connectivity index (χ1v) is 8.29. The van der Waals surface area contributed by atoms with Gasteiger partial charge in [-0.05, 0) is 5.56 Å². The monoisotopic (exact) mass is 324 g/mol. The molecule has 2 bridgehead atoms. The van der Waals surface area contributed by atoms with E-state index in [0.29, 0.717) is 11.1 Å². The molecular weight excluding hydrogens is 311 g/mol. The smallest absolute Gasteiger partial charge is 0.367 e. The molecule has 7 nitrogen and oxygen atoms in total. The third kappa shape index (κ3) is 1.32. The molecule has 22 heavy (non-hydrogen) atoms. The highest BCUT2D eigenvalue weighted by Gasteiger charge is 2.78. The zero-order valence-electron chi connectivity index (χ0n) is 11.8. The summed E-state index contributed by atoms with van der Waals surface area (Å²) in [4.78, 5) is 24.2. The van der Waals surface area contributed by atoms with Gasteiger partial charge in [-0.15, -0.1) is 0 Å². The van der Waals surface area contributed by atoms with Crippen LogP contribution in [0.4, 0.5) is 0 Å². The molecule has 1 aromatic carbocycles. The van der Waals surface area contributed by atoms with E-state index in [1.165, 1.54) is 14.2 Å². The number of fused-ring (bicyclic) bond motifs is 8. The van der Waals surface area contributed by atoms with Crippen molar-refractivity contribution in [2.24, 2.45) is 11.8 Å². The summed E-state index contributed by atoms with van der Waals surface area (Å²) < 4.78 is 34.2. The number of cyclic esters (lactones) is 2. The molecule has 0 N–H and O–H groups in total. The van der Waals surface area contributed by atoms with Crippen LogP contribution in [-0.2, 0) is 38.0 Å². The van der Waals surface area contributed by atoms with E-state index in [1.807, 2.05) is 0 Å². The maximum atomic E-state index is 13.2. The molecule has 0 amide bonds. The van der Waals surface area contributed by atoms with E-state index in [-0.39, 0.29) is 0 Å². The van der Waals surface area contributed by atoms with Crippen LogP contribution in [0.15, 0.2) is 24.3 Å².